The van der Waals surface area contributed by atoms with E-state index in [4.69, 9.17) is 14.2 Å². The van der Waals surface area contributed by atoms with Gasteiger partial charge in [0.2, 0.25) is 6.79 Å². The molecule has 2 rings (SSSR count). The first kappa shape index (κ1) is 24.8. The zero-order chi connectivity index (χ0) is 21.1. The van der Waals surface area contributed by atoms with E-state index in [1.165, 1.54) is 95.5 Å². The van der Waals surface area contributed by atoms with E-state index in [1.54, 1.807) is 0 Å². The number of rotatable bonds is 19. The Hall–Kier alpha value is -1.48. The van der Waals surface area contributed by atoms with Crippen LogP contribution in [0.25, 0.3) is 0 Å². The predicted octanol–water partition coefficient (Wildman–Crippen LogP) is 8.01. The first-order valence-corrected chi connectivity index (χ1v) is 12.5. The highest BCUT2D eigenvalue weighted by molar-refractivity contribution is 5.44. The number of unbranched alkanes of at least 4 members (excludes halogenated alkanes) is 12. The van der Waals surface area contributed by atoms with Gasteiger partial charge < -0.3 is 14.2 Å². The lowest BCUT2D eigenvalue weighted by molar-refractivity contribution is 0.132. The molecule has 1 heterocycles. The van der Waals surface area contributed by atoms with E-state index < -0.39 is 0 Å². The molecule has 170 valence electrons. The van der Waals surface area contributed by atoms with Crippen LogP contribution in [-0.4, -0.2) is 20.0 Å². The Morgan fingerprint density at radius 2 is 1.37 bits per heavy atom. The summed E-state index contributed by atoms with van der Waals surface area (Å²) in [7, 11) is 0. The van der Waals surface area contributed by atoms with Gasteiger partial charge in [0, 0.05) is 6.61 Å². The minimum absolute atomic E-state index is 0.339. The van der Waals surface area contributed by atoms with Crippen molar-refractivity contribution >= 4 is 0 Å². The van der Waals surface area contributed by atoms with E-state index in [2.05, 4.69) is 31.2 Å². The largest absolute Gasteiger partial charge is 0.454 e. The smallest absolute Gasteiger partial charge is 0.231 e. The van der Waals surface area contributed by atoms with Crippen molar-refractivity contribution < 1.29 is 14.2 Å². The van der Waals surface area contributed by atoms with Crippen LogP contribution < -0.4 is 9.47 Å². The predicted molar refractivity (Wildman–Crippen MR) is 127 cm³/mol. The fourth-order valence-corrected chi connectivity index (χ4v) is 3.84. The summed E-state index contributed by atoms with van der Waals surface area (Å²) in [4.78, 5) is 0. The van der Waals surface area contributed by atoms with Crippen LogP contribution in [0.1, 0.15) is 102 Å². The van der Waals surface area contributed by atoms with E-state index in [9.17, 15) is 0 Å². The van der Waals surface area contributed by atoms with E-state index in [-0.39, 0.29) is 0 Å². The summed E-state index contributed by atoms with van der Waals surface area (Å²) in [6, 6.07) is 6.15. The molecule has 0 bridgehead atoms. The van der Waals surface area contributed by atoms with E-state index >= 15 is 0 Å². The van der Waals surface area contributed by atoms with Gasteiger partial charge in [0.1, 0.15) is 0 Å². The summed E-state index contributed by atoms with van der Waals surface area (Å²) in [5.74, 6) is 1.71. The summed E-state index contributed by atoms with van der Waals surface area (Å²) < 4.78 is 16.6. The molecule has 1 aromatic rings. The average Bonchev–Trinajstić information content (AvgIpc) is 3.23. The monoisotopic (exact) mass is 416 g/mol. The van der Waals surface area contributed by atoms with Gasteiger partial charge in [0.25, 0.3) is 0 Å². The second-order valence-corrected chi connectivity index (χ2v) is 8.49. The normalized spacial score (nSPS) is 12.8. The van der Waals surface area contributed by atoms with Crippen LogP contribution in [-0.2, 0) is 11.2 Å². The van der Waals surface area contributed by atoms with Crippen LogP contribution in [0.15, 0.2) is 30.4 Å². The molecule has 0 spiro atoms. The van der Waals surface area contributed by atoms with Gasteiger partial charge in [-0.25, -0.2) is 0 Å². The summed E-state index contributed by atoms with van der Waals surface area (Å²) in [6.07, 6.45) is 24.6. The van der Waals surface area contributed by atoms with Gasteiger partial charge in [-0.15, -0.1) is 0 Å². The maximum absolute atomic E-state index is 5.79. The van der Waals surface area contributed by atoms with Crippen LogP contribution >= 0.6 is 0 Å². The minimum Gasteiger partial charge on any atom is -0.454 e. The SMILES string of the molecule is CCCCCCCCC=CCCCCCCCCOCCc1ccc2c(c1)OCO2. The van der Waals surface area contributed by atoms with Gasteiger partial charge in [0.05, 0.1) is 6.61 Å². The molecule has 30 heavy (non-hydrogen) atoms. The van der Waals surface area contributed by atoms with Crippen molar-refractivity contribution in [2.24, 2.45) is 0 Å². The lowest BCUT2D eigenvalue weighted by atomic mass is 10.1. The van der Waals surface area contributed by atoms with Crippen LogP contribution in [0.5, 0.6) is 11.5 Å². The van der Waals surface area contributed by atoms with Crippen molar-refractivity contribution in [3.63, 3.8) is 0 Å². The molecule has 0 unspecified atom stereocenters. The van der Waals surface area contributed by atoms with E-state index in [1.807, 2.05) is 6.07 Å². The zero-order valence-electron chi connectivity index (χ0n) is 19.3. The molecule has 0 aliphatic carbocycles. The maximum atomic E-state index is 5.79. The van der Waals surface area contributed by atoms with Crippen molar-refractivity contribution in [2.45, 2.75) is 103 Å². The van der Waals surface area contributed by atoms with Crippen molar-refractivity contribution in [3.8, 4) is 11.5 Å². The fourth-order valence-electron chi connectivity index (χ4n) is 3.84. The molecule has 0 aromatic heterocycles. The second-order valence-electron chi connectivity index (χ2n) is 8.49. The summed E-state index contributed by atoms with van der Waals surface area (Å²) in [5, 5.41) is 0. The molecule has 0 atom stereocenters. The number of hydrogen-bond donors (Lipinski definition) is 0. The van der Waals surface area contributed by atoms with Gasteiger partial charge in [-0.3, -0.25) is 0 Å². The Morgan fingerprint density at radius 1 is 0.733 bits per heavy atom. The topological polar surface area (TPSA) is 27.7 Å². The minimum atomic E-state index is 0.339. The third kappa shape index (κ3) is 11.6. The molecule has 3 nitrogen and oxygen atoms in total. The molecule has 1 aromatic carbocycles. The van der Waals surface area contributed by atoms with Gasteiger partial charge in [0.15, 0.2) is 11.5 Å². The molecule has 0 fully saturated rings. The lowest BCUT2D eigenvalue weighted by Crippen LogP contribution is -2.00. The third-order valence-corrected chi connectivity index (χ3v) is 5.77. The second kappa shape index (κ2) is 17.2. The van der Waals surface area contributed by atoms with Crippen molar-refractivity contribution in [2.75, 3.05) is 20.0 Å². The first-order valence-electron chi connectivity index (χ1n) is 12.5. The summed E-state index contributed by atoms with van der Waals surface area (Å²) >= 11 is 0. The van der Waals surface area contributed by atoms with Crippen molar-refractivity contribution in [3.05, 3.63) is 35.9 Å². The van der Waals surface area contributed by atoms with Crippen molar-refractivity contribution in [1.29, 1.82) is 0 Å². The van der Waals surface area contributed by atoms with Crippen molar-refractivity contribution in [1.82, 2.24) is 0 Å². The molecule has 0 radical (unpaired) electrons. The molecular formula is C27H44O3. The molecule has 1 aliphatic heterocycles. The van der Waals surface area contributed by atoms with Crippen LogP contribution in [0.2, 0.25) is 0 Å². The Kier molecular flexibility index (Phi) is 14.2. The van der Waals surface area contributed by atoms with Gasteiger partial charge in [-0.1, -0.05) is 82.9 Å². The number of allylic oxidation sites excluding steroid dienone is 2. The first-order chi connectivity index (χ1) is 14.9. The van der Waals surface area contributed by atoms with Gasteiger partial charge in [-0.2, -0.15) is 0 Å². The molecule has 0 N–H and O–H groups in total. The Balaban J connectivity index is 1.29. The summed E-state index contributed by atoms with van der Waals surface area (Å²) in [5.41, 5.74) is 1.25. The standard InChI is InChI=1S/C27H44O3/c1-2-3-4-5-6-7-8-9-10-11-12-13-14-15-16-17-21-28-22-20-25-18-19-26-27(23-25)30-24-29-26/h9-10,18-19,23H,2-8,11-17,20-22,24H2,1H3. The molecule has 0 amide bonds. The highest BCUT2D eigenvalue weighted by Gasteiger charge is 2.12. The number of fused-ring (bicyclic) bond motifs is 1. The fraction of sp³-hybridized carbons (Fsp3) is 0.704. The van der Waals surface area contributed by atoms with Crippen LogP contribution in [0.3, 0.4) is 0 Å². The van der Waals surface area contributed by atoms with Crippen LogP contribution in [0.4, 0.5) is 0 Å². The van der Waals surface area contributed by atoms with Gasteiger partial charge >= 0.3 is 0 Å². The maximum Gasteiger partial charge on any atom is 0.231 e. The Bertz CT molecular complexity index is 567. The molecule has 1 aliphatic rings. The highest BCUT2D eigenvalue weighted by atomic mass is 16.7. The number of hydrogen-bond acceptors (Lipinski definition) is 3. The molecule has 0 saturated heterocycles. The molecule has 3 heteroatoms. The quantitative estimate of drug-likeness (QED) is 0.169. The Morgan fingerprint density at radius 3 is 2.10 bits per heavy atom. The average molecular weight is 417 g/mol. The lowest BCUT2D eigenvalue weighted by Gasteiger charge is -2.05. The zero-order valence-corrected chi connectivity index (χ0v) is 19.3. The van der Waals surface area contributed by atoms with E-state index in [0.717, 1.165) is 31.1 Å². The van der Waals surface area contributed by atoms with Crippen LogP contribution in [0, 0.1) is 0 Å². The number of benzene rings is 1. The highest BCUT2D eigenvalue weighted by Crippen LogP contribution is 2.32. The number of ether oxygens (including phenoxy) is 3. The van der Waals surface area contributed by atoms with E-state index in [0.29, 0.717) is 6.79 Å². The molecular weight excluding hydrogens is 372 g/mol. The third-order valence-electron chi connectivity index (χ3n) is 5.77. The Labute approximate surface area is 185 Å². The summed E-state index contributed by atoms with van der Waals surface area (Å²) in [6.45, 7) is 4.28. The van der Waals surface area contributed by atoms with Gasteiger partial charge in [-0.05, 0) is 56.2 Å². The molecule has 0 saturated carbocycles.